The van der Waals surface area contributed by atoms with Gasteiger partial charge in [0.1, 0.15) is 5.82 Å². The zero-order chi connectivity index (χ0) is 18.5. The smallest absolute Gasteiger partial charge is 0.227 e. The van der Waals surface area contributed by atoms with E-state index in [-0.39, 0.29) is 23.7 Å². The molecule has 5 heteroatoms. The summed E-state index contributed by atoms with van der Waals surface area (Å²) in [5.74, 6) is -0.308. The molecule has 1 heterocycles. The molecule has 0 spiro atoms. The van der Waals surface area contributed by atoms with Crippen molar-refractivity contribution in [2.45, 2.75) is 38.6 Å². The summed E-state index contributed by atoms with van der Waals surface area (Å²) < 4.78 is 13.2. The summed E-state index contributed by atoms with van der Waals surface area (Å²) in [5, 5.41) is 2.72. The zero-order valence-electron chi connectivity index (χ0n) is 14.9. The minimum atomic E-state index is -0.262. The molecule has 1 aliphatic rings. The monoisotopic (exact) mass is 354 g/mol. The number of piperidine rings is 1. The lowest BCUT2D eigenvalue weighted by Crippen LogP contribution is -2.39. The first kappa shape index (κ1) is 18.1. The molecule has 0 unspecified atom stereocenters. The summed E-state index contributed by atoms with van der Waals surface area (Å²) in [7, 11) is 0. The number of hydrogen-bond acceptors (Lipinski definition) is 2. The lowest BCUT2D eigenvalue weighted by atomic mass is 9.94. The molecule has 0 aliphatic carbocycles. The van der Waals surface area contributed by atoms with Crippen LogP contribution in [0.1, 0.15) is 43.4 Å². The summed E-state index contributed by atoms with van der Waals surface area (Å²) in [6.45, 7) is 2.19. The van der Waals surface area contributed by atoms with E-state index in [1.165, 1.54) is 19.1 Å². The largest absolute Gasteiger partial charge is 0.335 e. The van der Waals surface area contributed by atoms with Crippen LogP contribution < -0.4 is 5.32 Å². The van der Waals surface area contributed by atoms with Crippen LogP contribution in [0.4, 0.5) is 10.1 Å². The number of amides is 2. The van der Waals surface area contributed by atoms with Gasteiger partial charge in [0.2, 0.25) is 11.8 Å². The van der Waals surface area contributed by atoms with E-state index in [2.05, 4.69) is 5.32 Å². The highest BCUT2D eigenvalue weighted by Crippen LogP contribution is 2.31. The van der Waals surface area contributed by atoms with Gasteiger partial charge < -0.3 is 10.2 Å². The summed E-state index contributed by atoms with van der Waals surface area (Å²) in [4.78, 5) is 25.9. The van der Waals surface area contributed by atoms with Gasteiger partial charge in [-0.1, -0.05) is 24.3 Å². The van der Waals surface area contributed by atoms with Gasteiger partial charge in [-0.2, -0.15) is 0 Å². The average Bonchev–Trinajstić information content (AvgIpc) is 2.63. The van der Waals surface area contributed by atoms with Gasteiger partial charge >= 0.3 is 0 Å². The van der Waals surface area contributed by atoms with Gasteiger partial charge in [0.15, 0.2) is 0 Å². The molecule has 2 aromatic rings. The van der Waals surface area contributed by atoms with Crippen molar-refractivity contribution in [2.24, 2.45) is 0 Å². The SMILES string of the molecule is CC(=O)Nc1ccc(CC(=O)N2CCCC[C@@H]2c2ccc(F)cc2)cc1. The van der Waals surface area contributed by atoms with Gasteiger partial charge in [0.25, 0.3) is 0 Å². The molecule has 3 rings (SSSR count). The van der Waals surface area contributed by atoms with Crippen LogP contribution in [0.5, 0.6) is 0 Å². The Bertz CT molecular complexity index is 772. The van der Waals surface area contributed by atoms with Crippen molar-refractivity contribution < 1.29 is 14.0 Å². The second-order valence-corrected chi connectivity index (χ2v) is 6.71. The number of likely N-dealkylation sites (tertiary alicyclic amines) is 1. The predicted octanol–water partition coefficient (Wildman–Crippen LogP) is 4.08. The minimum absolute atomic E-state index is 0.00972. The normalized spacial score (nSPS) is 17.0. The van der Waals surface area contributed by atoms with Gasteiger partial charge in [-0.25, -0.2) is 4.39 Å². The van der Waals surface area contributed by atoms with E-state index in [1.807, 2.05) is 17.0 Å². The average molecular weight is 354 g/mol. The summed E-state index contributed by atoms with van der Waals surface area (Å²) in [6.07, 6.45) is 3.28. The van der Waals surface area contributed by atoms with Crippen LogP contribution in [0, 0.1) is 5.82 Å². The number of nitrogens with one attached hydrogen (secondary N) is 1. The molecule has 1 N–H and O–H groups in total. The molecule has 1 aliphatic heterocycles. The van der Waals surface area contributed by atoms with E-state index >= 15 is 0 Å². The lowest BCUT2D eigenvalue weighted by Gasteiger charge is -2.36. The minimum Gasteiger partial charge on any atom is -0.335 e. The Kier molecular flexibility index (Phi) is 5.66. The van der Waals surface area contributed by atoms with Crippen molar-refractivity contribution >= 4 is 17.5 Å². The predicted molar refractivity (Wildman–Crippen MR) is 99.2 cm³/mol. The number of anilines is 1. The van der Waals surface area contributed by atoms with E-state index in [1.54, 1.807) is 24.3 Å². The molecule has 1 atom stereocenters. The Labute approximate surface area is 153 Å². The highest BCUT2D eigenvalue weighted by atomic mass is 19.1. The maximum Gasteiger partial charge on any atom is 0.227 e. The van der Waals surface area contributed by atoms with Gasteiger partial charge in [-0.05, 0) is 54.7 Å². The molecule has 136 valence electrons. The topological polar surface area (TPSA) is 49.4 Å². The van der Waals surface area contributed by atoms with Crippen molar-refractivity contribution in [1.29, 1.82) is 0 Å². The van der Waals surface area contributed by atoms with E-state index in [0.29, 0.717) is 6.42 Å². The van der Waals surface area contributed by atoms with Crippen LogP contribution in [0.2, 0.25) is 0 Å². The fourth-order valence-electron chi connectivity index (χ4n) is 3.45. The molecule has 4 nitrogen and oxygen atoms in total. The third-order valence-corrected chi connectivity index (χ3v) is 4.71. The van der Waals surface area contributed by atoms with Crippen LogP contribution in [0.25, 0.3) is 0 Å². The number of benzene rings is 2. The molecule has 26 heavy (non-hydrogen) atoms. The van der Waals surface area contributed by atoms with Crippen molar-refractivity contribution in [2.75, 3.05) is 11.9 Å². The highest BCUT2D eigenvalue weighted by molar-refractivity contribution is 5.88. The third kappa shape index (κ3) is 4.48. The van der Waals surface area contributed by atoms with Crippen molar-refractivity contribution in [3.63, 3.8) is 0 Å². The molecule has 0 aromatic heterocycles. The third-order valence-electron chi connectivity index (χ3n) is 4.71. The number of carbonyl (C=O) groups is 2. The molecule has 0 bridgehead atoms. The number of hydrogen-bond donors (Lipinski definition) is 1. The van der Waals surface area contributed by atoms with Gasteiger partial charge in [-0.3, -0.25) is 9.59 Å². The van der Waals surface area contributed by atoms with Crippen molar-refractivity contribution in [3.8, 4) is 0 Å². The van der Waals surface area contributed by atoms with E-state index in [9.17, 15) is 14.0 Å². The number of nitrogens with zero attached hydrogens (tertiary/aromatic N) is 1. The second kappa shape index (κ2) is 8.13. The lowest BCUT2D eigenvalue weighted by molar-refractivity contribution is -0.134. The van der Waals surface area contributed by atoms with E-state index in [0.717, 1.165) is 42.6 Å². The van der Waals surface area contributed by atoms with Gasteiger partial charge in [-0.15, -0.1) is 0 Å². The van der Waals surface area contributed by atoms with Crippen LogP contribution in [-0.4, -0.2) is 23.3 Å². The Hall–Kier alpha value is -2.69. The molecule has 2 amide bonds. The zero-order valence-corrected chi connectivity index (χ0v) is 14.9. The van der Waals surface area contributed by atoms with Crippen LogP contribution in [-0.2, 0) is 16.0 Å². The van der Waals surface area contributed by atoms with Gasteiger partial charge in [0.05, 0.1) is 12.5 Å². The number of halogens is 1. The number of carbonyl (C=O) groups excluding carboxylic acids is 2. The maximum absolute atomic E-state index is 13.2. The molecule has 1 saturated heterocycles. The van der Waals surface area contributed by atoms with E-state index in [4.69, 9.17) is 0 Å². The fourth-order valence-corrected chi connectivity index (χ4v) is 3.45. The fraction of sp³-hybridized carbons (Fsp3) is 0.333. The van der Waals surface area contributed by atoms with Crippen molar-refractivity contribution in [1.82, 2.24) is 4.90 Å². The number of rotatable bonds is 4. The summed E-state index contributed by atoms with van der Waals surface area (Å²) in [5.41, 5.74) is 2.61. The van der Waals surface area contributed by atoms with Crippen LogP contribution in [0.15, 0.2) is 48.5 Å². The van der Waals surface area contributed by atoms with Crippen molar-refractivity contribution in [3.05, 3.63) is 65.5 Å². The Morgan fingerprint density at radius 2 is 1.77 bits per heavy atom. The first-order chi connectivity index (χ1) is 12.5. The summed E-state index contributed by atoms with van der Waals surface area (Å²) in [6, 6.07) is 13.8. The first-order valence-electron chi connectivity index (χ1n) is 8.94. The van der Waals surface area contributed by atoms with E-state index < -0.39 is 0 Å². The first-order valence-corrected chi connectivity index (χ1v) is 8.94. The molecule has 1 fully saturated rings. The Balaban J connectivity index is 1.70. The quantitative estimate of drug-likeness (QED) is 0.899. The summed E-state index contributed by atoms with van der Waals surface area (Å²) >= 11 is 0. The molecule has 0 radical (unpaired) electrons. The maximum atomic E-state index is 13.2. The van der Waals surface area contributed by atoms with Gasteiger partial charge in [0, 0.05) is 19.2 Å². The van der Waals surface area contributed by atoms with Crippen LogP contribution in [0.3, 0.4) is 0 Å². The Morgan fingerprint density at radius 1 is 1.08 bits per heavy atom. The molecule has 0 saturated carbocycles. The van der Waals surface area contributed by atoms with Crippen LogP contribution >= 0.6 is 0 Å². The molecular formula is C21H23FN2O2. The molecule has 2 aromatic carbocycles. The standard InChI is InChI=1S/C21H23FN2O2/c1-15(25)23-19-11-5-16(6-12-19)14-21(26)24-13-3-2-4-20(24)17-7-9-18(22)10-8-17/h5-12,20H,2-4,13-14H2,1H3,(H,23,25)/t20-/m1/s1. The second-order valence-electron chi connectivity index (χ2n) is 6.71. The Morgan fingerprint density at radius 3 is 2.42 bits per heavy atom. The highest BCUT2D eigenvalue weighted by Gasteiger charge is 2.27. The molecular weight excluding hydrogens is 331 g/mol.